The van der Waals surface area contributed by atoms with Gasteiger partial charge in [-0.2, -0.15) is 0 Å². The number of hydrogen-bond donors (Lipinski definition) is 1. The second-order valence-electron chi connectivity index (χ2n) is 3.24. The van der Waals surface area contributed by atoms with Crippen LogP contribution < -0.4 is 5.73 Å². The number of rotatable bonds is 2. The Morgan fingerprint density at radius 3 is 2.53 bits per heavy atom. The fourth-order valence-corrected chi connectivity index (χ4v) is 2.35. The summed E-state index contributed by atoms with van der Waals surface area (Å²) >= 11 is 6.89. The third kappa shape index (κ3) is 3.08. The van der Waals surface area contributed by atoms with Gasteiger partial charge in [0, 0.05) is 10.6 Å². The maximum atomic E-state index is 13.0. The van der Waals surface area contributed by atoms with E-state index in [0.717, 1.165) is 23.9 Å². The lowest BCUT2D eigenvalue weighted by Crippen LogP contribution is -1.89. The highest BCUT2D eigenvalue weighted by Gasteiger charge is 2.06. The van der Waals surface area contributed by atoms with Gasteiger partial charge in [-0.25, -0.2) is 13.8 Å². The fraction of sp³-hybridized carbons (Fsp3) is 0. The highest BCUT2D eigenvalue weighted by atomic mass is 35.5. The van der Waals surface area contributed by atoms with Crippen LogP contribution in [-0.2, 0) is 0 Å². The van der Waals surface area contributed by atoms with Gasteiger partial charge in [0.05, 0.1) is 0 Å². The van der Waals surface area contributed by atoms with Gasteiger partial charge in [-0.3, -0.25) is 0 Å². The summed E-state index contributed by atoms with van der Waals surface area (Å²) in [7, 11) is 0. The largest absolute Gasteiger partial charge is 0.399 e. The first-order chi connectivity index (χ1) is 8.04. The molecule has 0 saturated heterocycles. The molecule has 1 aromatic heterocycles. The van der Waals surface area contributed by atoms with Crippen molar-refractivity contribution in [3.8, 4) is 0 Å². The predicted molar refractivity (Wildman–Crippen MR) is 64.1 cm³/mol. The molecule has 0 fully saturated rings. The topological polar surface area (TPSA) is 38.9 Å². The Hall–Kier alpha value is -1.33. The maximum absolute atomic E-state index is 13.0. The predicted octanol–water partition coefficient (Wildman–Crippen LogP) is 3.75. The molecule has 0 aliphatic carbocycles. The average molecular weight is 273 g/mol. The van der Waals surface area contributed by atoms with E-state index in [1.165, 1.54) is 12.1 Å². The minimum absolute atomic E-state index is 0.259. The van der Waals surface area contributed by atoms with Gasteiger partial charge in [0.2, 0.25) is 0 Å². The van der Waals surface area contributed by atoms with Crippen LogP contribution in [0.1, 0.15) is 0 Å². The van der Waals surface area contributed by atoms with Gasteiger partial charge in [0.15, 0.2) is 11.6 Å². The molecule has 0 aliphatic heterocycles. The maximum Gasteiger partial charge on any atom is 0.159 e. The number of hydrogen-bond acceptors (Lipinski definition) is 3. The minimum atomic E-state index is -0.898. The van der Waals surface area contributed by atoms with Crippen molar-refractivity contribution in [1.29, 1.82) is 0 Å². The summed E-state index contributed by atoms with van der Waals surface area (Å²) in [5.74, 6) is -1.78. The van der Waals surface area contributed by atoms with E-state index >= 15 is 0 Å². The molecule has 17 heavy (non-hydrogen) atoms. The van der Waals surface area contributed by atoms with Crippen molar-refractivity contribution in [2.45, 2.75) is 9.92 Å². The Balaban J connectivity index is 2.28. The van der Waals surface area contributed by atoms with Crippen molar-refractivity contribution in [1.82, 2.24) is 4.98 Å². The molecule has 2 N–H and O–H groups in total. The molecule has 2 rings (SSSR count). The van der Waals surface area contributed by atoms with Crippen molar-refractivity contribution >= 4 is 29.1 Å². The molecule has 0 radical (unpaired) electrons. The number of nitrogen functional groups attached to an aromatic ring is 1. The van der Waals surface area contributed by atoms with Crippen molar-refractivity contribution in [2.75, 3.05) is 5.73 Å². The molecule has 2 aromatic rings. The molecule has 88 valence electrons. The number of nitrogens with two attached hydrogens (primary N) is 1. The molecule has 0 bridgehead atoms. The molecule has 1 heterocycles. The zero-order valence-electron chi connectivity index (χ0n) is 8.45. The zero-order valence-corrected chi connectivity index (χ0v) is 10.0. The first-order valence-corrected chi connectivity index (χ1v) is 5.80. The molecule has 1 aromatic carbocycles. The Labute approximate surface area is 106 Å². The Bertz CT molecular complexity index is 543. The Morgan fingerprint density at radius 2 is 1.88 bits per heavy atom. The number of nitrogens with zero attached hydrogens (tertiary/aromatic N) is 1. The first-order valence-electron chi connectivity index (χ1n) is 4.60. The van der Waals surface area contributed by atoms with Crippen molar-refractivity contribution in [3.63, 3.8) is 0 Å². The lowest BCUT2D eigenvalue weighted by atomic mass is 10.3. The normalized spacial score (nSPS) is 10.5. The van der Waals surface area contributed by atoms with E-state index in [1.54, 1.807) is 6.07 Å². The van der Waals surface area contributed by atoms with Crippen LogP contribution in [0.3, 0.4) is 0 Å². The molecule has 0 amide bonds. The van der Waals surface area contributed by atoms with E-state index in [9.17, 15) is 8.78 Å². The van der Waals surface area contributed by atoms with E-state index in [4.69, 9.17) is 17.3 Å². The van der Waals surface area contributed by atoms with Crippen LogP contribution in [0, 0.1) is 11.6 Å². The molecular weight excluding hydrogens is 266 g/mol. The van der Waals surface area contributed by atoms with Crippen LogP contribution >= 0.6 is 23.4 Å². The Morgan fingerprint density at radius 1 is 1.12 bits per heavy atom. The van der Waals surface area contributed by atoms with E-state index in [-0.39, 0.29) is 5.15 Å². The van der Waals surface area contributed by atoms with Crippen LogP contribution in [-0.4, -0.2) is 4.98 Å². The molecule has 0 spiro atoms. The van der Waals surface area contributed by atoms with Gasteiger partial charge in [-0.15, -0.1) is 0 Å². The van der Waals surface area contributed by atoms with Gasteiger partial charge in [-0.05, 0) is 30.3 Å². The van der Waals surface area contributed by atoms with Crippen molar-refractivity contribution in [3.05, 3.63) is 47.1 Å². The highest BCUT2D eigenvalue weighted by Crippen LogP contribution is 2.29. The Kier molecular flexibility index (Phi) is 3.49. The summed E-state index contributed by atoms with van der Waals surface area (Å²) in [5.41, 5.74) is 6.06. The van der Waals surface area contributed by atoms with Gasteiger partial charge in [0.1, 0.15) is 10.2 Å². The lowest BCUT2D eigenvalue weighted by Gasteiger charge is -2.03. The van der Waals surface area contributed by atoms with E-state index in [2.05, 4.69) is 4.98 Å². The quantitative estimate of drug-likeness (QED) is 0.847. The standard InChI is InChI=1S/C11H7ClF2N2S/c12-10-3-6(15)4-11(16-10)17-7-1-2-8(13)9(14)5-7/h1-5H,(H2,15,16). The summed E-state index contributed by atoms with van der Waals surface area (Å²) in [5, 5.41) is 0.788. The third-order valence-electron chi connectivity index (χ3n) is 1.91. The van der Waals surface area contributed by atoms with E-state index < -0.39 is 11.6 Å². The molecule has 0 atom stereocenters. The van der Waals surface area contributed by atoms with Gasteiger partial charge in [-0.1, -0.05) is 23.4 Å². The number of anilines is 1. The van der Waals surface area contributed by atoms with Crippen LogP contribution in [0.15, 0.2) is 40.3 Å². The van der Waals surface area contributed by atoms with Crippen LogP contribution in [0.25, 0.3) is 0 Å². The number of benzene rings is 1. The highest BCUT2D eigenvalue weighted by molar-refractivity contribution is 7.99. The third-order valence-corrected chi connectivity index (χ3v) is 3.01. The molecule has 0 unspecified atom stereocenters. The minimum Gasteiger partial charge on any atom is -0.399 e. The number of pyridine rings is 1. The molecule has 6 heteroatoms. The summed E-state index contributed by atoms with van der Waals surface area (Å²) < 4.78 is 25.7. The summed E-state index contributed by atoms with van der Waals surface area (Å²) in [6.45, 7) is 0. The summed E-state index contributed by atoms with van der Waals surface area (Å²) in [4.78, 5) is 4.54. The molecule has 0 aliphatic rings. The zero-order chi connectivity index (χ0) is 12.4. The van der Waals surface area contributed by atoms with Crippen LogP contribution in [0.2, 0.25) is 5.15 Å². The second-order valence-corrected chi connectivity index (χ2v) is 4.72. The lowest BCUT2D eigenvalue weighted by molar-refractivity contribution is 0.506. The van der Waals surface area contributed by atoms with E-state index in [0.29, 0.717) is 15.6 Å². The smallest absolute Gasteiger partial charge is 0.159 e. The monoisotopic (exact) mass is 272 g/mol. The second kappa shape index (κ2) is 4.89. The molecule has 0 saturated carbocycles. The SMILES string of the molecule is Nc1cc(Cl)nc(Sc2ccc(F)c(F)c2)c1. The average Bonchev–Trinajstić information content (AvgIpc) is 2.22. The molecule has 2 nitrogen and oxygen atoms in total. The van der Waals surface area contributed by atoms with Crippen LogP contribution in [0.4, 0.5) is 14.5 Å². The first kappa shape index (κ1) is 12.1. The number of halogens is 3. The van der Waals surface area contributed by atoms with Crippen molar-refractivity contribution in [2.24, 2.45) is 0 Å². The summed E-state index contributed by atoms with van der Waals surface area (Å²) in [6, 6.07) is 6.74. The summed E-state index contributed by atoms with van der Waals surface area (Å²) in [6.07, 6.45) is 0. The van der Waals surface area contributed by atoms with E-state index in [1.807, 2.05) is 0 Å². The van der Waals surface area contributed by atoms with Crippen LogP contribution in [0.5, 0.6) is 0 Å². The van der Waals surface area contributed by atoms with Gasteiger partial charge >= 0.3 is 0 Å². The van der Waals surface area contributed by atoms with Gasteiger partial charge in [0.25, 0.3) is 0 Å². The number of aromatic nitrogens is 1. The van der Waals surface area contributed by atoms with Gasteiger partial charge < -0.3 is 5.73 Å². The van der Waals surface area contributed by atoms with Crippen molar-refractivity contribution < 1.29 is 8.78 Å². The molecular formula is C11H7ClF2N2S. The fourth-order valence-electron chi connectivity index (χ4n) is 1.20.